The molecule has 1 aliphatic heterocycles. The van der Waals surface area contributed by atoms with Crippen LogP contribution in [0.25, 0.3) is 0 Å². The van der Waals surface area contributed by atoms with Gasteiger partial charge < -0.3 is 10.2 Å². The largest absolute Gasteiger partial charge is 0.355 e. The summed E-state index contributed by atoms with van der Waals surface area (Å²) in [5.74, 6) is 0.448. The number of hydrogen-bond acceptors (Lipinski definition) is 6. The molecule has 8 heteroatoms. The molecule has 0 aliphatic carbocycles. The molecule has 0 radical (unpaired) electrons. The van der Waals surface area contributed by atoms with Crippen molar-refractivity contribution in [3.05, 3.63) is 12.4 Å². The molecule has 0 amide bonds. The van der Waals surface area contributed by atoms with Crippen molar-refractivity contribution >= 4 is 16.0 Å². The Bertz CT molecular complexity index is 538. The standard InChI is InChI=1S/C13H23N5O2S/c1-3-5-17-6-8-18(9-7-17)21(19,20)12-10-15-13(14-4-2)16-11-12/h10-11H,3-9H2,1-2H3,(H,14,15,16). The van der Waals surface area contributed by atoms with E-state index >= 15 is 0 Å². The lowest BCUT2D eigenvalue weighted by atomic mass is 10.3. The molecule has 1 aromatic rings. The summed E-state index contributed by atoms with van der Waals surface area (Å²) in [5, 5.41) is 2.95. The molecule has 1 fully saturated rings. The van der Waals surface area contributed by atoms with Gasteiger partial charge in [0.25, 0.3) is 0 Å². The predicted molar refractivity (Wildman–Crippen MR) is 81.7 cm³/mol. The molecule has 2 rings (SSSR count). The molecule has 1 saturated heterocycles. The number of aromatic nitrogens is 2. The lowest BCUT2D eigenvalue weighted by Crippen LogP contribution is -2.48. The second-order valence-electron chi connectivity index (χ2n) is 5.02. The van der Waals surface area contributed by atoms with Crippen LogP contribution in [-0.2, 0) is 10.0 Å². The molecule has 0 saturated carbocycles. The molecule has 1 aliphatic rings. The van der Waals surface area contributed by atoms with Gasteiger partial charge in [0.1, 0.15) is 4.90 Å². The van der Waals surface area contributed by atoms with Gasteiger partial charge in [0.2, 0.25) is 16.0 Å². The van der Waals surface area contributed by atoms with Crippen molar-refractivity contribution in [1.29, 1.82) is 0 Å². The van der Waals surface area contributed by atoms with E-state index in [1.54, 1.807) is 0 Å². The van der Waals surface area contributed by atoms with Crippen molar-refractivity contribution in [2.24, 2.45) is 0 Å². The van der Waals surface area contributed by atoms with Gasteiger partial charge in [0, 0.05) is 32.7 Å². The highest BCUT2D eigenvalue weighted by Crippen LogP contribution is 2.16. The molecule has 0 aromatic carbocycles. The van der Waals surface area contributed by atoms with Crippen molar-refractivity contribution in [2.75, 3.05) is 44.6 Å². The summed E-state index contributed by atoms with van der Waals surface area (Å²) in [6.45, 7) is 8.40. The molecule has 2 heterocycles. The van der Waals surface area contributed by atoms with Gasteiger partial charge in [-0.05, 0) is 19.9 Å². The molecule has 0 spiro atoms. The summed E-state index contributed by atoms with van der Waals surface area (Å²) in [7, 11) is -3.48. The summed E-state index contributed by atoms with van der Waals surface area (Å²) in [5.41, 5.74) is 0. The fraction of sp³-hybridized carbons (Fsp3) is 0.692. The number of hydrogen-bond donors (Lipinski definition) is 1. The fourth-order valence-electron chi connectivity index (χ4n) is 2.36. The Balaban J connectivity index is 2.04. The molecule has 0 bridgehead atoms. The van der Waals surface area contributed by atoms with E-state index in [0.29, 0.717) is 25.6 Å². The lowest BCUT2D eigenvalue weighted by Gasteiger charge is -2.33. The predicted octanol–water partition coefficient (Wildman–Crippen LogP) is 0.625. The van der Waals surface area contributed by atoms with Crippen molar-refractivity contribution in [1.82, 2.24) is 19.2 Å². The van der Waals surface area contributed by atoms with Crippen molar-refractivity contribution in [3.63, 3.8) is 0 Å². The first-order valence-electron chi connectivity index (χ1n) is 7.36. The number of nitrogens with zero attached hydrogens (tertiary/aromatic N) is 4. The van der Waals surface area contributed by atoms with E-state index < -0.39 is 10.0 Å². The van der Waals surface area contributed by atoms with Crippen LogP contribution in [0.15, 0.2) is 17.3 Å². The molecule has 1 N–H and O–H groups in total. The van der Waals surface area contributed by atoms with E-state index in [1.165, 1.54) is 16.7 Å². The first kappa shape index (κ1) is 16.1. The number of sulfonamides is 1. The Morgan fingerprint density at radius 3 is 2.29 bits per heavy atom. The van der Waals surface area contributed by atoms with Gasteiger partial charge in [-0.1, -0.05) is 6.92 Å². The average molecular weight is 313 g/mol. The second-order valence-corrected chi connectivity index (χ2v) is 6.96. The summed E-state index contributed by atoms with van der Waals surface area (Å²) in [6.07, 6.45) is 3.84. The van der Waals surface area contributed by atoms with Crippen LogP contribution in [0.2, 0.25) is 0 Å². The van der Waals surface area contributed by atoms with Crippen LogP contribution in [0.4, 0.5) is 5.95 Å². The first-order chi connectivity index (χ1) is 10.1. The zero-order valence-corrected chi connectivity index (χ0v) is 13.4. The number of rotatable bonds is 6. The van der Waals surface area contributed by atoms with Crippen LogP contribution in [-0.4, -0.2) is 66.9 Å². The molecular weight excluding hydrogens is 290 g/mol. The van der Waals surface area contributed by atoms with Crippen LogP contribution in [0, 0.1) is 0 Å². The van der Waals surface area contributed by atoms with Gasteiger partial charge in [-0.15, -0.1) is 0 Å². The minimum Gasteiger partial charge on any atom is -0.355 e. The van der Waals surface area contributed by atoms with Gasteiger partial charge in [-0.3, -0.25) is 0 Å². The molecule has 0 unspecified atom stereocenters. The zero-order valence-electron chi connectivity index (χ0n) is 12.6. The first-order valence-corrected chi connectivity index (χ1v) is 8.80. The fourth-order valence-corrected chi connectivity index (χ4v) is 3.67. The van der Waals surface area contributed by atoms with Crippen LogP contribution < -0.4 is 5.32 Å². The van der Waals surface area contributed by atoms with Gasteiger partial charge in [-0.2, -0.15) is 4.31 Å². The van der Waals surface area contributed by atoms with Gasteiger partial charge in [0.05, 0.1) is 12.4 Å². The van der Waals surface area contributed by atoms with E-state index in [9.17, 15) is 8.42 Å². The maximum Gasteiger partial charge on any atom is 0.246 e. The van der Waals surface area contributed by atoms with E-state index in [0.717, 1.165) is 26.1 Å². The highest BCUT2D eigenvalue weighted by Gasteiger charge is 2.28. The quantitative estimate of drug-likeness (QED) is 0.830. The van der Waals surface area contributed by atoms with Crippen LogP contribution in [0.5, 0.6) is 0 Å². The van der Waals surface area contributed by atoms with Crippen molar-refractivity contribution < 1.29 is 8.42 Å². The summed E-state index contributed by atoms with van der Waals surface area (Å²) >= 11 is 0. The third-order valence-electron chi connectivity index (χ3n) is 3.47. The molecule has 118 valence electrons. The minimum absolute atomic E-state index is 0.160. The van der Waals surface area contributed by atoms with E-state index in [4.69, 9.17) is 0 Å². The van der Waals surface area contributed by atoms with Crippen molar-refractivity contribution in [3.8, 4) is 0 Å². The van der Waals surface area contributed by atoms with Crippen LogP contribution in [0.3, 0.4) is 0 Å². The summed E-state index contributed by atoms with van der Waals surface area (Å²) < 4.78 is 26.6. The lowest BCUT2D eigenvalue weighted by molar-refractivity contribution is 0.188. The molecule has 21 heavy (non-hydrogen) atoms. The Hall–Kier alpha value is -1.25. The smallest absolute Gasteiger partial charge is 0.246 e. The number of piperazine rings is 1. The van der Waals surface area contributed by atoms with Gasteiger partial charge in [0.15, 0.2) is 0 Å². The molecule has 0 atom stereocenters. The SMILES string of the molecule is CCCN1CCN(S(=O)(=O)c2cnc(NCC)nc2)CC1. The Kier molecular flexibility index (Phi) is 5.49. The Labute approximate surface area is 126 Å². The van der Waals surface area contributed by atoms with Gasteiger partial charge >= 0.3 is 0 Å². The molecular formula is C13H23N5O2S. The maximum absolute atomic E-state index is 12.5. The van der Waals surface area contributed by atoms with Crippen LogP contribution in [0.1, 0.15) is 20.3 Å². The minimum atomic E-state index is -3.48. The zero-order chi connectivity index (χ0) is 15.3. The Morgan fingerprint density at radius 2 is 1.76 bits per heavy atom. The summed E-state index contributed by atoms with van der Waals surface area (Å²) in [4.78, 5) is 10.5. The monoisotopic (exact) mass is 313 g/mol. The third-order valence-corrected chi connectivity index (χ3v) is 5.32. The van der Waals surface area contributed by atoms with Gasteiger partial charge in [-0.25, -0.2) is 18.4 Å². The second kappa shape index (κ2) is 7.15. The van der Waals surface area contributed by atoms with Crippen LogP contribution >= 0.6 is 0 Å². The molecule has 7 nitrogen and oxygen atoms in total. The van der Waals surface area contributed by atoms with E-state index in [1.807, 2.05) is 6.92 Å². The van der Waals surface area contributed by atoms with E-state index in [-0.39, 0.29) is 4.90 Å². The third kappa shape index (κ3) is 3.90. The number of nitrogens with one attached hydrogen (secondary N) is 1. The topological polar surface area (TPSA) is 78.4 Å². The number of anilines is 1. The average Bonchev–Trinajstić information content (AvgIpc) is 2.49. The Morgan fingerprint density at radius 1 is 1.14 bits per heavy atom. The van der Waals surface area contributed by atoms with E-state index in [2.05, 4.69) is 27.1 Å². The summed E-state index contributed by atoms with van der Waals surface area (Å²) in [6, 6.07) is 0. The normalized spacial score (nSPS) is 17.8. The highest BCUT2D eigenvalue weighted by molar-refractivity contribution is 7.89. The van der Waals surface area contributed by atoms with Crippen molar-refractivity contribution in [2.45, 2.75) is 25.2 Å². The highest BCUT2D eigenvalue weighted by atomic mass is 32.2. The maximum atomic E-state index is 12.5. The molecule has 1 aromatic heterocycles.